The normalized spacial score (nSPS) is 15.4. The van der Waals surface area contributed by atoms with E-state index in [0.717, 1.165) is 49.1 Å². The Balaban J connectivity index is 1.82. The third-order valence-electron chi connectivity index (χ3n) is 4.10. The Kier molecular flexibility index (Phi) is 5.15. The summed E-state index contributed by atoms with van der Waals surface area (Å²) in [5, 5.41) is 3.30. The molecule has 1 fully saturated rings. The molecule has 0 saturated carbocycles. The second-order valence-electron chi connectivity index (χ2n) is 6.04. The summed E-state index contributed by atoms with van der Waals surface area (Å²) in [6, 6.07) is 9.91. The van der Waals surface area contributed by atoms with E-state index in [1.807, 2.05) is 44.2 Å². The van der Waals surface area contributed by atoms with Crippen molar-refractivity contribution in [2.24, 2.45) is 0 Å². The van der Waals surface area contributed by atoms with Gasteiger partial charge in [0.15, 0.2) is 0 Å². The van der Waals surface area contributed by atoms with Crippen molar-refractivity contribution in [2.75, 3.05) is 50.1 Å². The number of piperazine rings is 1. The molecule has 1 aliphatic heterocycles. The van der Waals surface area contributed by atoms with Gasteiger partial charge >= 0.3 is 0 Å². The zero-order chi connectivity index (χ0) is 16.9. The Hall–Kier alpha value is -2.34. The number of aromatic nitrogens is 2. The first kappa shape index (κ1) is 16.5. The molecule has 2 heterocycles. The van der Waals surface area contributed by atoms with E-state index < -0.39 is 0 Å². The first-order valence-corrected chi connectivity index (χ1v) is 8.43. The van der Waals surface area contributed by atoms with E-state index in [9.17, 15) is 0 Å². The van der Waals surface area contributed by atoms with Crippen molar-refractivity contribution in [1.29, 1.82) is 0 Å². The SMILES string of the molecule is CCOc1ccccc1Nc1nc(C)cc(N2CCN(C)CC2)n1. The Labute approximate surface area is 143 Å². The van der Waals surface area contributed by atoms with Crippen molar-refractivity contribution in [3.8, 4) is 5.75 Å². The van der Waals surface area contributed by atoms with Gasteiger partial charge in [-0.05, 0) is 33.0 Å². The number of nitrogens with one attached hydrogen (secondary N) is 1. The van der Waals surface area contributed by atoms with E-state index in [0.29, 0.717) is 12.6 Å². The van der Waals surface area contributed by atoms with E-state index in [4.69, 9.17) is 9.72 Å². The average molecular weight is 327 g/mol. The predicted octanol–water partition coefficient (Wildman–Crippen LogP) is 2.68. The molecule has 0 atom stereocenters. The van der Waals surface area contributed by atoms with Gasteiger partial charge in [-0.25, -0.2) is 4.98 Å². The highest BCUT2D eigenvalue weighted by molar-refractivity contribution is 5.63. The molecule has 24 heavy (non-hydrogen) atoms. The van der Waals surface area contributed by atoms with Crippen LogP contribution in [0.2, 0.25) is 0 Å². The summed E-state index contributed by atoms with van der Waals surface area (Å²) >= 11 is 0. The molecule has 6 heteroatoms. The van der Waals surface area contributed by atoms with Crippen LogP contribution in [0.5, 0.6) is 5.75 Å². The Morgan fingerprint density at radius 3 is 2.62 bits per heavy atom. The van der Waals surface area contributed by atoms with Gasteiger partial charge in [0.05, 0.1) is 12.3 Å². The highest BCUT2D eigenvalue weighted by atomic mass is 16.5. The lowest BCUT2D eigenvalue weighted by atomic mass is 10.3. The molecule has 0 bridgehead atoms. The number of benzene rings is 1. The molecule has 6 nitrogen and oxygen atoms in total. The fourth-order valence-electron chi connectivity index (χ4n) is 2.78. The average Bonchev–Trinajstić information content (AvgIpc) is 2.57. The standard InChI is InChI=1S/C18H25N5O/c1-4-24-16-8-6-5-7-15(16)20-18-19-14(2)13-17(21-18)23-11-9-22(3)10-12-23/h5-8,13H,4,9-12H2,1-3H3,(H,19,20,21). The number of hydrogen-bond acceptors (Lipinski definition) is 6. The van der Waals surface area contributed by atoms with Crippen LogP contribution in [0.4, 0.5) is 17.5 Å². The Morgan fingerprint density at radius 2 is 1.88 bits per heavy atom. The summed E-state index contributed by atoms with van der Waals surface area (Å²) in [6.45, 7) is 8.69. The maximum Gasteiger partial charge on any atom is 0.229 e. The maximum atomic E-state index is 5.66. The molecule has 1 N–H and O–H groups in total. The van der Waals surface area contributed by atoms with Crippen LogP contribution >= 0.6 is 0 Å². The minimum Gasteiger partial charge on any atom is -0.492 e. The topological polar surface area (TPSA) is 53.5 Å². The molecule has 0 radical (unpaired) electrons. The number of nitrogens with zero attached hydrogens (tertiary/aromatic N) is 4. The number of rotatable bonds is 5. The van der Waals surface area contributed by atoms with Crippen LogP contribution in [-0.2, 0) is 0 Å². The molecule has 1 aromatic heterocycles. The summed E-state index contributed by atoms with van der Waals surface area (Å²) in [4.78, 5) is 13.9. The quantitative estimate of drug-likeness (QED) is 0.911. The second kappa shape index (κ2) is 7.49. The Bertz CT molecular complexity index is 683. The molecule has 1 aliphatic rings. The van der Waals surface area contributed by atoms with Gasteiger partial charge in [-0.1, -0.05) is 12.1 Å². The lowest BCUT2D eigenvalue weighted by Gasteiger charge is -2.33. The van der Waals surface area contributed by atoms with Crippen molar-refractivity contribution >= 4 is 17.5 Å². The zero-order valence-electron chi connectivity index (χ0n) is 14.6. The molecule has 3 rings (SSSR count). The molecular formula is C18H25N5O. The minimum atomic E-state index is 0.607. The lowest BCUT2D eigenvalue weighted by molar-refractivity contribution is 0.312. The molecular weight excluding hydrogens is 302 g/mol. The van der Waals surface area contributed by atoms with E-state index in [1.54, 1.807) is 0 Å². The van der Waals surface area contributed by atoms with Crippen molar-refractivity contribution in [3.05, 3.63) is 36.0 Å². The van der Waals surface area contributed by atoms with Crippen molar-refractivity contribution in [1.82, 2.24) is 14.9 Å². The summed E-state index contributed by atoms with van der Waals surface area (Å²) in [6.07, 6.45) is 0. The van der Waals surface area contributed by atoms with Crippen molar-refractivity contribution < 1.29 is 4.74 Å². The van der Waals surface area contributed by atoms with Gasteiger partial charge in [-0.3, -0.25) is 0 Å². The number of likely N-dealkylation sites (N-methyl/N-ethyl adjacent to an activating group) is 1. The van der Waals surface area contributed by atoms with Gasteiger partial charge in [0.2, 0.25) is 5.95 Å². The van der Waals surface area contributed by atoms with Crippen LogP contribution in [0.25, 0.3) is 0 Å². The monoisotopic (exact) mass is 327 g/mol. The fourth-order valence-corrected chi connectivity index (χ4v) is 2.78. The number of para-hydroxylation sites is 2. The first-order chi connectivity index (χ1) is 11.7. The van der Waals surface area contributed by atoms with Crippen LogP contribution in [0.3, 0.4) is 0 Å². The lowest BCUT2D eigenvalue weighted by Crippen LogP contribution is -2.44. The van der Waals surface area contributed by atoms with Crippen molar-refractivity contribution in [3.63, 3.8) is 0 Å². The van der Waals surface area contributed by atoms with Crippen LogP contribution in [0.15, 0.2) is 30.3 Å². The fraction of sp³-hybridized carbons (Fsp3) is 0.444. The smallest absolute Gasteiger partial charge is 0.229 e. The molecule has 128 valence electrons. The molecule has 0 amide bonds. The summed E-state index contributed by atoms with van der Waals surface area (Å²) < 4.78 is 5.66. The van der Waals surface area contributed by atoms with E-state index in [1.165, 1.54) is 0 Å². The van der Waals surface area contributed by atoms with Crippen molar-refractivity contribution in [2.45, 2.75) is 13.8 Å². The minimum absolute atomic E-state index is 0.607. The molecule has 1 aromatic carbocycles. The molecule has 2 aromatic rings. The summed E-state index contributed by atoms with van der Waals surface area (Å²) in [7, 11) is 2.15. The number of aryl methyl sites for hydroxylation is 1. The highest BCUT2D eigenvalue weighted by Gasteiger charge is 2.17. The third kappa shape index (κ3) is 3.94. The molecule has 1 saturated heterocycles. The summed E-state index contributed by atoms with van der Waals surface area (Å²) in [5.41, 5.74) is 1.84. The van der Waals surface area contributed by atoms with Gasteiger partial charge < -0.3 is 19.9 Å². The van der Waals surface area contributed by atoms with Gasteiger partial charge in [0.25, 0.3) is 0 Å². The van der Waals surface area contributed by atoms with Crippen LogP contribution in [0, 0.1) is 6.92 Å². The molecule has 0 spiro atoms. The van der Waals surface area contributed by atoms with Crippen LogP contribution in [-0.4, -0.2) is 54.7 Å². The van der Waals surface area contributed by atoms with E-state index in [2.05, 4.69) is 27.1 Å². The van der Waals surface area contributed by atoms with Crippen LogP contribution < -0.4 is 15.0 Å². The zero-order valence-corrected chi connectivity index (χ0v) is 14.6. The molecule has 0 unspecified atom stereocenters. The maximum absolute atomic E-state index is 5.66. The Morgan fingerprint density at radius 1 is 1.12 bits per heavy atom. The third-order valence-corrected chi connectivity index (χ3v) is 4.10. The van der Waals surface area contributed by atoms with Gasteiger partial charge in [0, 0.05) is 37.9 Å². The van der Waals surface area contributed by atoms with E-state index in [-0.39, 0.29) is 0 Å². The predicted molar refractivity (Wildman–Crippen MR) is 97.4 cm³/mol. The summed E-state index contributed by atoms with van der Waals surface area (Å²) in [5.74, 6) is 2.40. The van der Waals surface area contributed by atoms with Gasteiger partial charge in [-0.15, -0.1) is 0 Å². The second-order valence-corrected chi connectivity index (χ2v) is 6.04. The highest BCUT2D eigenvalue weighted by Crippen LogP contribution is 2.27. The number of hydrogen-bond donors (Lipinski definition) is 1. The number of anilines is 3. The van der Waals surface area contributed by atoms with Crippen LogP contribution in [0.1, 0.15) is 12.6 Å². The largest absolute Gasteiger partial charge is 0.492 e. The first-order valence-electron chi connectivity index (χ1n) is 8.43. The van der Waals surface area contributed by atoms with Gasteiger partial charge in [0.1, 0.15) is 11.6 Å². The van der Waals surface area contributed by atoms with E-state index >= 15 is 0 Å². The number of ether oxygens (including phenoxy) is 1. The van der Waals surface area contributed by atoms with Gasteiger partial charge in [-0.2, -0.15) is 4.98 Å². The molecule has 0 aliphatic carbocycles.